The molecule has 0 unspecified atom stereocenters. The monoisotopic (exact) mass is 323 g/mol. The van der Waals surface area contributed by atoms with Crippen molar-refractivity contribution in [3.63, 3.8) is 0 Å². The van der Waals surface area contributed by atoms with Crippen molar-refractivity contribution in [2.75, 3.05) is 0 Å². The number of aryl methyl sites for hydroxylation is 1. The Bertz CT molecular complexity index is 625. The fourth-order valence-electron chi connectivity index (χ4n) is 2.66. The van der Waals surface area contributed by atoms with Crippen molar-refractivity contribution in [1.29, 1.82) is 0 Å². The van der Waals surface area contributed by atoms with Gasteiger partial charge in [-0.2, -0.15) is 10.2 Å². The third-order valence-corrected chi connectivity index (χ3v) is 4.28. The van der Waals surface area contributed by atoms with Gasteiger partial charge in [0.2, 0.25) is 0 Å². The number of nitrogens with zero attached hydrogens (tertiary/aromatic N) is 4. The van der Waals surface area contributed by atoms with Crippen LogP contribution in [-0.2, 0) is 20.1 Å². The van der Waals surface area contributed by atoms with Gasteiger partial charge in [0.05, 0.1) is 17.6 Å². The van der Waals surface area contributed by atoms with E-state index in [1.54, 1.807) is 0 Å². The molecule has 1 fully saturated rings. The number of halogens is 1. The number of hydrogen-bond donors (Lipinski definition) is 1. The van der Waals surface area contributed by atoms with Crippen LogP contribution in [0.25, 0.3) is 0 Å². The summed E-state index contributed by atoms with van der Waals surface area (Å²) in [4.78, 5) is 0. The molecule has 6 heteroatoms. The molecule has 2 aromatic rings. The Morgan fingerprint density at radius 1 is 1.32 bits per heavy atom. The molecule has 0 aromatic carbocycles. The van der Waals surface area contributed by atoms with Crippen molar-refractivity contribution in [2.24, 2.45) is 7.05 Å². The van der Waals surface area contributed by atoms with Crippen LogP contribution in [-0.4, -0.2) is 19.6 Å². The third kappa shape index (κ3) is 3.52. The van der Waals surface area contributed by atoms with Gasteiger partial charge < -0.3 is 5.32 Å². The molecule has 2 aromatic heterocycles. The van der Waals surface area contributed by atoms with E-state index in [2.05, 4.69) is 41.9 Å². The van der Waals surface area contributed by atoms with Crippen LogP contribution >= 0.6 is 12.4 Å². The summed E-state index contributed by atoms with van der Waals surface area (Å²) in [6.07, 6.45) is 4.55. The van der Waals surface area contributed by atoms with E-state index >= 15 is 0 Å². The van der Waals surface area contributed by atoms with E-state index in [-0.39, 0.29) is 12.4 Å². The van der Waals surface area contributed by atoms with Crippen molar-refractivity contribution in [3.8, 4) is 0 Å². The highest BCUT2D eigenvalue weighted by molar-refractivity contribution is 5.85. The maximum atomic E-state index is 4.78. The van der Waals surface area contributed by atoms with Crippen LogP contribution < -0.4 is 5.32 Å². The fourth-order valence-corrected chi connectivity index (χ4v) is 2.66. The molecule has 0 saturated heterocycles. The first-order valence-electron chi connectivity index (χ1n) is 7.82. The van der Waals surface area contributed by atoms with Gasteiger partial charge in [0.1, 0.15) is 0 Å². The maximum Gasteiger partial charge on any atom is 0.0659 e. The number of nitrogens with one attached hydrogen (secondary N) is 1. The number of rotatable bonds is 6. The van der Waals surface area contributed by atoms with E-state index < -0.39 is 0 Å². The Morgan fingerprint density at radius 2 is 2.05 bits per heavy atom. The molecule has 0 radical (unpaired) electrons. The smallest absolute Gasteiger partial charge is 0.0659 e. The van der Waals surface area contributed by atoms with Gasteiger partial charge in [-0.05, 0) is 39.7 Å². The number of hydrogen-bond acceptors (Lipinski definition) is 3. The van der Waals surface area contributed by atoms with E-state index in [1.807, 2.05) is 17.9 Å². The first kappa shape index (κ1) is 17.0. The molecule has 1 aliphatic carbocycles. The van der Waals surface area contributed by atoms with Crippen LogP contribution in [0.15, 0.2) is 12.3 Å². The molecule has 0 aliphatic heterocycles. The topological polar surface area (TPSA) is 47.7 Å². The van der Waals surface area contributed by atoms with Crippen molar-refractivity contribution >= 4 is 12.4 Å². The molecule has 1 aliphatic rings. The molecule has 122 valence electrons. The first-order valence-corrected chi connectivity index (χ1v) is 7.82. The number of aromatic nitrogens is 4. The zero-order valence-corrected chi connectivity index (χ0v) is 14.7. The summed E-state index contributed by atoms with van der Waals surface area (Å²) in [5.41, 5.74) is 5.04. The van der Waals surface area contributed by atoms with Gasteiger partial charge in [-0.1, -0.05) is 0 Å². The molecule has 2 heterocycles. The van der Waals surface area contributed by atoms with Crippen LogP contribution in [0.1, 0.15) is 61.3 Å². The van der Waals surface area contributed by atoms with E-state index in [0.29, 0.717) is 12.0 Å². The summed E-state index contributed by atoms with van der Waals surface area (Å²) in [7, 11) is 1.98. The summed E-state index contributed by atoms with van der Waals surface area (Å²) < 4.78 is 4.08. The summed E-state index contributed by atoms with van der Waals surface area (Å²) in [5, 5.41) is 12.6. The van der Waals surface area contributed by atoms with Crippen molar-refractivity contribution in [2.45, 2.75) is 58.7 Å². The lowest BCUT2D eigenvalue weighted by Crippen LogP contribution is -2.17. The van der Waals surface area contributed by atoms with Crippen molar-refractivity contribution < 1.29 is 0 Å². The average Bonchev–Trinajstić information content (AvgIpc) is 3.14. The van der Waals surface area contributed by atoms with Crippen molar-refractivity contribution in [1.82, 2.24) is 24.9 Å². The Kier molecular flexibility index (Phi) is 5.29. The van der Waals surface area contributed by atoms with Gasteiger partial charge in [-0.25, -0.2) is 0 Å². The highest BCUT2D eigenvalue weighted by Crippen LogP contribution is 2.39. The van der Waals surface area contributed by atoms with Gasteiger partial charge >= 0.3 is 0 Å². The van der Waals surface area contributed by atoms with Crippen LogP contribution in [0.4, 0.5) is 0 Å². The molecular weight excluding hydrogens is 298 g/mol. The normalized spacial score (nSPS) is 14.4. The summed E-state index contributed by atoms with van der Waals surface area (Å²) in [5.74, 6) is 0.712. The van der Waals surface area contributed by atoms with Gasteiger partial charge in [0.25, 0.3) is 0 Å². The quantitative estimate of drug-likeness (QED) is 0.888. The highest BCUT2D eigenvalue weighted by atomic mass is 35.5. The molecule has 1 N–H and O–H groups in total. The van der Waals surface area contributed by atoms with E-state index in [9.17, 15) is 0 Å². The second-order valence-corrected chi connectivity index (χ2v) is 6.36. The summed E-state index contributed by atoms with van der Waals surface area (Å²) in [6, 6.07) is 2.69. The van der Waals surface area contributed by atoms with Crippen LogP contribution in [0, 0.1) is 6.92 Å². The predicted molar refractivity (Wildman–Crippen MR) is 90.3 cm³/mol. The highest BCUT2D eigenvalue weighted by Gasteiger charge is 2.27. The molecule has 1 saturated carbocycles. The Morgan fingerprint density at radius 3 is 2.59 bits per heavy atom. The maximum absolute atomic E-state index is 4.78. The minimum absolute atomic E-state index is 0. The second kappa shape index (κ2) is 6.84. The Hall–Kier alpha value is -1.33. The zero-order valence-electron chi connectivity index (χ0n) is 13.8. The summed E-state index contributed by atoms with van der Waals surface area (Å²) in [6.45, 7) is 8.19. The lowest BCUT2D eigenvalue weighted by Gasteiger charge is -2.11. The lowest BCUT2D eigenvalue weighted by molar-refractivity contribution is 0.491. The second-order valence-electron chi connectivity index (χ2n) is 6.36. The average molecular weight is 324 g/mol. The standard InChI is InChI=1S/C16H25N5.ClH/c1-11(2)21-15(7-16(19-21)13-5-6-13)10-17-8-14-9-18-20(4)12(14)3;/h7,9,11,13,17H,5-6,8,10H2,1-4H3;1H. The SMILES string of the molecule is Cc1c(CNCc2cc(C3CC3)nn2C(C)C)cnn1C.Cl. The minimum atomic E-state index is 0. The predicted octanol–water partition coefficient (Wildman–Crippen LogP) is 3.09. The largest absolute Gasteiger partial charge is 0.307 e. The van der Waals surface area contributed by atoms with Crippen LogP contribution in [0.3, 0.4) is 0 Å². The Balaban J connectivity index is 0.00000176. The van der Waals surface area contributed by atoms with Gasteiger partial charge in [-0.15, -0.1) is 12.4 Å². The van der Waals surface area contributed by atoms with E-state index in [4.69, 9.17) is 5.10 Å². The molecule has 0 bridgehead atoms. The first-order chi connectivity index (χ1) is 10.1. The van der Waals surface area contributed by atoms with E-state index in [0.717, 1.165) is 13.1 Å². The molecule has 22 heavy (non-hydrogen) atoms. The van der Waals surface area contributed by atoms with Gasteiger partial charge in [-0.3, -0.25) is 9.36 Å². The van der Waals surface area contributed by atoms with Crippen LogP contribution in [0.2, 0.25) is 0 Å². The van der Waals surface area contributed by atoms with Gasteiger partial charge in [0, 0.05) is 43.4 Å². The minimum Gasteiger partial charge on any atom is -0.307 e. The van der Waals surface area contributed by atoms with Crippen molar-refractivity contribution in [3.05, 3.63) is 34.9 Å². The Labute approximate surface area is 138 Å². The lowest BCUT2D eigenvalue weighted by atomic mass is 10.2. The van der Waals surface area contributed by atoms with E-state index in [1.165, 1.54) is 35.5 Å². The van der Waals surface area contributed by atoms with Crippen LogP contribution in [0.5, 0.6) is 0 Å². The molecule has 0 amide bonds. The molecule has 0 atom stereocenters. The third-order valence-electron chi connectivity index (χ3n) is 4.28. The fraction of sp³-hybridized carbons (Fsp3) is 0.625. The molecule has 3 rings (SSSR count). The zero-order chi connectivity index (χ0) is 15.0. The molecule has 5 nitrogen and oxygen atoms in total. The summed E-state index contributed by atoms with van der Waals surface area (Å²) >= 11 is 0. The molecule has 0 spiro atoms. The van der Waals surface area contributed by atoms with Gasteiger partial charge in [0.15, 0.2) is 0 Å². The molecular formula is C16H26ClN5.